The first-order chi connectivity index (χ1) is 11.6. The molecule has 0 spiro atoms. The van der Waals surface area contributed by atoms with Gasteiger partial charge in [0.15, 0.2) is 0 Å². The Labute approximate surface area is 140 Å². The minimum atomic E-state index is -0.450. The van der Waals surface area contributed by atoms with Gasteiger partial charge in [-0.2, -0.15) is 0 Å². The van der Waals surface area contributed by atoms with Gasteiger partial charge in [-0.15, -0.1) is 0 Å². The maximum absolute atomic E-state index is 11.7. The summed E-state index contributed by atoms with van der Waals surface area (Å²) in [5, 5.41) is 11.0. The molecule has 3 rings (SSSR count). The lowest BCUT2D eigenvalue weighted by Crippen LogP contribution is -2.36. The number of H-pyrrole nitrogens is 1. The first kappa shape index (κ1) is 16.4. The molecule has 1 aromatic carbocycles. The van der Waals surface area contributed by atoms with Crippen molar-refractivity contribution in [1.29, 1.82) is 0 Å². The number of rotatable bonds is 5. The van der Waals surface area contributed by atoms with Crippen LogP contribution in [0.1, 0.15) is 12.0 Å². The molecule has 2 aromatic rings. The third-order valence-electron chi connectivity index (χ3n) is 4.50. The SMILES string of the molecule is COC(=O)C1=C(O)CCN(CCc2c[nH]c3ccc(OC)cc23)C1. The van der Waals surface area contributed by atoms with Crippen molar-refractivity contribution in [2.24, 2.45) is 0 Å². The van der Waals surface area contributed by atoms with Crippen LogP contribution in [0, 0.1) is 0 Å². The average molecular weight is 330 g/mol. The molecular formula is C18H22N2O4. The Morgan fingerprint density at radius 3 is 2.96 bits per heavy atom. The quantitative estimate of drug-likeness (QED) is 0.824. The molecule has 24 heavy (non-hydrogen) atoms. The van der Waals surface area contributed by atoms with Crippen LogP contribution in [0.2, 0.25) is 0 Å². The van der Waals surface area contributed by atoms with Crippen molar-refractivity contribution in [2.45, 2.75) is 12.8 Å². The van der Waals surface area contributed by atoms with E-state index in [2.05, 4.69) is 9.88 Å². The standard InChI is InChI=1S/C18H22N2O4/c1-23-13-3-4-16-14(9-13)12(10-19-16)5-7-20-8-6-17(21)15(11-20)18(22)24-2/h3-4,9-10,19,21H,5-8,11H2,1-2H3. The van der Waals surface area contributed by atoms with E-state index in [-0.39, 0.29) is 5.76 Å². The molecule has 1 aliphatic rings. The number of aliphatic hydroxyl groups is 1. The normalized spacial score (nSPS) is 15.8. The number of benzene rings is 1. The van der Waals surface area contributed by atoms with Gasteiger partial charge in [0.1, 0.15) is 11.5 Å². The van der Waals surface area contributed by atoms with Crippen LogP contribution >= 0.6 is 0 Å². The van der Waals surface area contributed by atoms with Crippen molar-refractivity contribution in [2.75, 3.05) is 33.9 Å². The van der Waals surface area contributed by atoms with E-state index in [1.165, 1.54) is 12.7 Å². The Bertz CT molecular complexity index is 778. The van der Waals surface area contributed by atoms with Crippen LogP contribution in [0.3, 0.4) is 0 Å². The van der Waals surface area contributed by atoms with Crippen molar-refractivity contribution < 1.29 is 19.4 Å². The lowest BCUT2D eigenvalue weighted by molar-refractivity contribution is -0.136. The predicted octanol–water partition coefficient (Wildman–Crippen LogP) is 2.41. The second kappa shape index (κ2) is 6.97. The minimum Gasteiger partial charge on any atom is -0.512 e. The predicted molar refractivity (Wildman–Crippen MR) is 91.3 cm³/mol. The molecule has 2 heterocycles. The molecule has 2 N–H and O–H groups in total. The van der Waals surface area contributed by atoms with Crippen LogP contribution in [-0.4, -0.2) is 54.8 Å². The van der Waals surface area contributed by atoms with Gasteiger partial charge in [0.2, 0.25) is 0 Å². The second-order valence-corrected chi connectivity index (χ2v) is 5.92. The van der Waals surface area contributed by atoms with Gasteiger partial charge in [-0.25, -0.2) is 4.79 Å². The molecule has 0 saturated heterocycles. The Hall–Kier alpha value is -2.47. The summed E-state index contributed by atoms with van der Waals surface area (Å²) < 4.78 is 10.0. The molecule has 0 radical (unpaired) electrons. The first-order valence-corrected chi connectivity index (χ1v) is 7.98. The number of nitrogens with one attached hydrogen (secondary N) is 1. The Kier molecular flexibility index (Phi) is 4.76. The number of aromatic nitrogens is 1. The zero-order chi connectivity index (χ0) is 17.1. The van der Waals surface area contributed by atoms with Crippen molar-refractivity contribution in [3.05, 3.63) is 41.3 Å². The van der Waals surface area contributed by atoms with Gasteiger partial charge < -0.3 is 19.6 Å². The third kappa shape index (κ3) is 3.23. The summed E-state index contributed by atoms with van der Waals surface area (Å²) in [6, 6.07) is 5.97. The average Bonchev–Trinajstić information content (AvgIpc) is 3.02. The summed E-state index contributed by atoms with van der Waals surface area (Å²) >= 11 is 0. The Balaban J connectivity index is 1.69. The summed E-state index contributed by atoms with van der Waals surface area (Å²) in [5.74, 6) is 0.533. The molecule has 0 aliphatic carbocycles. The highest BCUT2D eigenvalue weighted by atomic mass is 16.5. The number of methoxy groups -OCH3 is 2. The summed E-state index contributed by atoms with van der Waals surface area (Å²) in [6.07, 6.45) is 3.34. The van der Waals surface area contributed by atoms with Gasteiger partial charge in [0.25, 0.3) is 0 Å². The molecule has 0 fully saturated rings. The van der Waals surface area contributed by atoms with Crippen LogP contribution in [0.4, 0.5) is 0 Å². The highest BCUT2D eigenvalue weighted by Gasteiger charge is 2.24. The van der Waals surface area contributed by atoms with Gasteiger partial charge in [-0.3, -0.25) is 4.90 Å². The molecule has 6 nitrogen and oxygen atoms in total. The fraction of sp³-hybridized carbons (Fsp3) is 0.389. The maximum atomic E-state index is 11.7. The highest BCUT2D eigenvalue weighted by Crippen LogP contribution is 2.24. The molecule has 128 valence electrons. The number of carbonyl (C=O) groups excluding carboxylic acids is 1. The van der Waals surface area contributed by atoms with E-state index < -0.39 is 5.97 Å². The van der Waals surface area contributed by atoms with Crippen molar-refractivity contribution in [3.63, 3.8) is 0 Å². The van der Waals surface area contributed by atoms with E-state index in [0.717, 1.165) is 36.2 Å². The molecule has 0 saturated carbocycles. The Morgan fingerprint density at radius 1 is 1.38 bits per heavy atom. The number of aromatic amines is 1. The van der Waals surface area contributed by atoms with Crippen LogP contribution < -0.4 is 4.74 Å². The van der Waals surface area contributed by atoms with E-state index in [1.807, 2.05) is 24.4 Å². The fourth-order valence-corrected chi connectivity index (χ4v) is 3.08. The largest absolute Gasteiger partial charge is 0.512 e. The van der Waals surface area contributed by atoms with Gasteiger partial charge in [-0.1, -0.05) is 0 Å². The van der Waals surface area contributed by atoms with Gasteiger partial charge in [0, 0.05) is 43.2 Å². The van der Waals surface area contributed by atoms with E-state index in [0.29, 0.717) is 18.5 Å². The molecule has 0 amide bonds. The number of esters is 1. The van der Waals surface area contributed by atoms with Gasteiger partial charge in [-0.05, 0) is 30.2 Å². The molecule has 1 aliphatic heterocycles. The molecular weight excluding hydrogens is 308 g/mol. The topological polar surface area (TPSA) is 74.8 Å². The molecule has 0 unspecified atom stereocenters. The number of aliphatic hydroxyl groups excluding tert-OH is 1. The van der Waals surface area contributed by atoms with Crippen LogP contribution in [0.25, 0.3) is 10.9 Å². The zero-order valence-corrected chi connectivity index (χ0v) is 14.0. The first-order valence-electron chi connectivity index (χ1n) is 7.98. The molecule has 1 aromatic heterocycles. The van der Waals surface area contributed by atoms with Crippen LogP contribution in [0.5, 0.6) is 5.75 Å². The smallest absolute Gasteiger partial charge is 0.338 e. The van der Waals surface area contributed by atoms with Crippen LogP contribution in [-0.2, 0) is 16.0 Å². The number of fused-ring (bicyclic) bond motifs is 1. The van der Waals surface area contributed by atoms with Gasteiger partial charge in [0.05, 0.1) is 19.8 Å². The molecule has 0 atom stereocenters. The monoisotopic (exact) mass is 330 g/mol. The number of nitrogens with zero attached hydrogens (tertiary/aromatic N) is 1. The number of carbonyl (C=O) groups is 1. The summed E-state index contributed by atoms with van der Waals surface area (Å²) in [4.78, 5) is 17.1. The van der Waals surface area contributed by atoms with Gasteiger partial charge >= 0.3 is 5.97 Å². The third-order valence-corrected chi connectivity index (χ3v) is 4.50. The summed E-state index contributed by atoms with van der Waals surface area (Å²) in [5.41, 5.74) is 2.66. The summed E-state index contributed by atoms with van der Waals surface area (Å²) in [6.45, 7) is 1.96. The lowest BCUT2D eigenvalue weighted by atomic mass is 10.1. The minimum absolute atomic E-state index is 0.148. The molecule has 0 bridgehead atoms. The number of hydrogen-bond donors (Lipinski definition) is 2. The van der Waals surface area contributed by atoms with Crippen LogP contribution in [0.15, 0.2) is 35.7 Å². The number of ether oxygens (including phenoxy) is 2. The number of hydrogen-bond acceptors (Lipinski definition) is 5. The lowest BCUT2D eigenvalue weighted by Gasteiger charge is -2.27. The van der Waals surface area contributed by atoms with E-state index in [9.17, 15) is 9.90 Å². The van der Waals surface area contributed by atoms with Crippen molar-refractivity contribution in [1.82, 2.24) is 9.88 Å². The van der Waals surface area contributed by atoms with E-state index in [1.54, 1.807) is 7.11 Å². The second-order valence-electron chi connectivity index (χ2n) is 5.92. The van der Waals surface area contributed by atoms with E-state index in [4.69, 9.17) is 9.47 Å². The Morgan fingerprint density at radius 2 is 2.21 bits per heavy atom. The van der Waals surface area contributed by atoms with Crippen molar-refractivity contribution in [3.8, 4) is 5.75 Å². The summed E-state index contributed by atoms with van der Waals surface area (Å²) in [7, 11) is 3.00. The fourth-order valence-electron chi connectivity index (χ4n) is 3.08. The molecule has 6 heteroatoms. The van der Waals surface area contributed by atoms with E-state index >= 15 is 0 Å². The van der Waals surface area contributed by atoms with Crippen molar-refractivity contribution >= 4 is 16.9 Å². The zero-order valence-electron chi connectivity index (χ0n) is 14.0. The highest BCUT2D eigenvalue weighted by molar-refractivity contribution is 5.89. The maximum Gasteiger partial charge on any atom is 0.338 e.